The van der Waals surface area contributed by atoms with Crippen molar-refractivity contribution in [2.24, 2.45) is 5.92 Å². The Morgan fingerprint density at radius 2 is 2.05 bits per heavy atom. The molecule has 0 aliphatic heterocycles. The van der Waals surface area contributed by atoms with Gasteiger partial charge in [-0.1, -0.05) is 19.3 Å². The van der Waals surface area contributed by atoms with E-state index in [1.54, 1.807) is 0 Å². The zero-order valence-electron chi connectivity index (χ0n) is 10.4. The van der Waals surface area contributed by atoms with E-state index in [0.29, 0.717) is 18.0 Å². The summed E-state index contributed by atoms with van der Waals surface area (Å²) in [5.74, 6) is 0.320. The molecule has 1 N–H and O–H groups in total. The largest absolute Gasteiger partial charge is 0.352 e. The van der Waals surface area contributed by atoms with Crippen LogP contribution in [0.3, 0.4) is 0 Å². The molecule has 0 saturated heterocycles. The molecule has 2 rings (SSSR count). The monoisotopic (exact) mass is 321 g/mol. The van der Waals surface area contributed by atoms with Gasteiger partial charge >= 0.3 is 0 Å². The molecule has 1 saturated carbocycles. The molecule has 0 radical (unpaired) electrons. The van der Waals surface area contributed by atoms with E-state index in [1.807, 2.05) is 0 Å². The number of nitrogens with one attached hydrogen (secondary N) is 1. The van der Waals surface area contributed by atoms with Crippen molar-refractivity contribution in [3.05, 3.63) is 17.0 Å². The van der Waals surface area contributed by atoms with Crippen molar-refractivity contribution >= 4 is 37.0 Å². The number of hydrogen-bond acceptors (Lipinski definition) is 4. The topological polar surface area (TPSA) is 63.2 Å². The highest BCUT2D eigenvalue weighted by Crippen LogP contribution is 2.25. The van der Waals surface area contributed by atoms with E-state index in [0.717, 1.165) is 24.2 Å². The van der Waals surface area contributed by atoms with Crippen LogP contribution in [0.5, 0.6) is 0 Å². The van der Waals surface area contributed by atoms with Gasteiger partial charge in [-0.15, -0.1) is 11.3 Å². The number of rotatable bonds is 4. The standard InChI is InChI=1S/C12H16ClNO3S2/c13-19(16,17)11-6-10(8-18-11)12(15)14-7-9-4-2-1-3-5-9/h6,8-9H,1-5,7H2,(H,14,15). The Morgan fingerprint density at radius 3 is 2.63 bits per heavy atom. The minimum Gasteiger partial charge on any atom is -0.352 e. The highest BCUT2D eigenvalue weighted by atomic mass is 35.7. The van der Waals surface area contributed by atoms with E-state index < -0.39 is 9.05 Å². The van der Waals surface area contributed by atoms with E-state index >= 15 is 0 Å². The fourth-order valence-electron chi connectivity index (χ4n) is 2.29. The summed E-state index contributed by atoms with van der Waals surface area (Å²) in [5, 5.41) is 4.38. The normalized spacial score (nSPS) is 17.3. The molecule has 1 aromatic rings. The number of hydrogen-bond donors (Lipinski definition) is 1. The molecule has 106 valence electrons. The Kier molecular flexibility index (Phi) is 4.86. The van der Waals surface area contributed by atoms with Crippen LogP contribution >= 0.6 is 22.0 Å². The van der Waals surface area contributed by atoms with Crippen molar-refractivity contribution < 1.29 is 13.2 Å². The van der Waals surface area contributed by atoms with Crippen molar-refractivity contribution in [1.29, 1.82) is 0 Å². The summed E-state index contributed by atoms with van der Waals surface area (Å²) in [4.78, 5) is 11.9. The third-order valence-electron chi connectivity index (χ3n) is 3.35. The molecule has 0 bridgehead atoms. The summed E-state index contributed by atoms with van der Waals surface area (Å²) in [5.41, 5.74) is 0.361. The number of carbonyl (C=O) groups excluding carboxylic acids is 1. The van der Waals surface area contributed by atoms with Crippen LogP contribution in [-0.4, -0.2) is 20.9 Å². The second-order valence-corrected chi connectivity index (χ2v) is 8.51. The molecule has 19 heavy (non-hydrogen) atoms. The lowest BCUT2D eigenvalue weighted by molar-refractivity contribution is 0.0944. The van der Waals surface area contributed by atoms with Gasteiger partial charge < -0.3 is 5.32 Å². The van der Waals surface area contributed by atoms with Crippen LogP contribution in [0.25, 0.3) is 0 Å². The number of amides is 1. The van der Waals surface area contributed by atoms with E-state index in [-0.39, 0.29) is 10.1 Å². The Morgan fingerprint density at radius 1 is 1.37 bits per heavy atom. The average molecular weight is 322 g/mol. The molecular formula is C12H16ClNO3S2. The first-order valence-corrected chi connectivity index (χ1v) is 9.47. The summed E-state index contributed by atoms with van der Waals surface area (Å²) in [6.45, 7) is 0.664. The average Bonchev–Trinajstić information content (AvgIpc) is 2.87. The van der Waals surface area contributed by atoms with Crippen molar-refractivity contribution in [2.45, 2.75) is 36.3 Å². The van der Waals surface area contributed by atoms with Crippen molar-refractivity contribution in [3.63, 3.8) is 0 Å². The number of halogens is 1. The maximum absolute atomic E-state index is 11.9. The van der Waals surface area contributed by atoms with E-state index in [1.165, 1.54) is 30.7 Å². The highest BCUT2D eigenvalue weighted by molar-refractivity contribution is 8.15. The van der Waals surface area contributed by atoms with E-state index in [9.17, 15) is 13.2 Å². The second-order valence-electron chi connectivity index (χ2n) is 4.81. The first-order chi connectivity index (χ1) is 8.97. The molecule has 1 aliphatic carbocycles. The zero-order chi connectivity index (χ0) is 13.9. The summed E-state index contributed by atoms with van der Waals surface area (Å²) < 4.78 is 22.2. The van der Waals surface area contributed by atoms with Crippen molar-refractivity contribution in [2.75, 3.05) is 6.54 Å². The Labute approximate surface area is 121 Å². The molecule has 4 nitrogen and oxygen atoms in total. The SMILES string of the molecule is O=C(NCC1CCCCC1)c1csc(S(=O)(=O)Cl)c1. The van der Waals surface area contributed by atoms with Crippen LogP contribution < -0.4 is 5.32 Å². The summed E-state index contributed by atoms with van der Waals surface area (Å²) >= 11 is 0.966. The van der Waals surface area contributed by atoms with Gasteiger partial charge in [0.05, 0.1) is 5.56 Å². The quantitative estimate of drug-likeness (QED) is 0.867. The van der Waals surface area contributed by atoms with Gasteiger partial charge in [0.2, 0.25) is 0 Å². The van der Waals surface area contributed by atoms with Gasteiger partial charge in [0.15, 0.2) is 0 Å². The Balaban J connectivity index is 1.91. The van der Waals surface area contributed by atoms with Crippen LogP contribution in [0.1, 0.15) is 42.5 Å². The van der Waals surface area contributed by atoms with Gasteiger partial charge in [-0.3, -0.25) is 4.79 Å². The molecule has 1 fully saturated rings. The number of carbonyl (C=O) groups is 1. The van der Waals surface area contributed by atoms with E-state index in [2.05, 4.69) is 5.32 Å². The smallest absolute Gasteiger partial charge is 0.270 e. The molecule has 1 amide bonds. The predicted molar refractivity (Wildman–Crippen MR) is 76.3 cm³/mol. The molecule has 1 heterocycles. The third kappa shape index (κ3) is 4.19. The second kappa shape index (κ2) is 6.24. The minimum atomic E-state index is -3.74. The van der Waals surface area contributed by atoms with E-state index in [4.69, 9.17) is 10.7 Å². The van der Waals surface area contributed by atoms with Crippen LogP contribution in [0, 0.1) is 5.92 Å². The minimum absolute atomic E-state index is 0.0111. The summed E-state index contributed by atoms with van der Waals surface area (Å²) in [7, 11) is 1.49. The predicted octanol–water partition coefficient (Wildman–Crippen LogP) is 2.99. The van der Waals surface area contributed by atoms with Crippen LogP contribution in [0.4, 0.5) is 0 Å². The Hall–Kier alpha value is -0.590. The summed E-state index contributed by atoms with van der Waals surface area (Å²) in [6.07, 6.45) is 6.06. The number of thiophene rings is 1. The molecule has 0 spiro atoms. The van der Waals surface area contributed by atoms with Crippen LogP contribution in [-0.2, 0) is 9.05 Å². The maximum atomic E-state index is 11.9. The van der Waals surface area contributed by atoms with Crippen LogP contribution in [0.15, 0.2) is 15.7 Å². The van der Waals surface area contributed by atoms with Gasteiger partial charge in [-0.05, 0) is 24.8 Å². The lowest BCUT2D eigenvalue weighted by Gasteiger charge is -2.21. The van der Waals surface area contributed by atoms with Gasteiger partial charge in [0.25, 0.3) is 15.0 Å². The van der Waals surface area contributed by atoms with Crippen molar-refractivity contribution in [1.82, 2.24) is 5.32 Å². The lowest BCUT2D eigenvalue weighted by Crippen LogP contribution is -2.29. The molecule has 0 aromatic carbocycles. The first-order valence-electron chi connectivity index (χ1n) is 6.28. The Bertz CT molecular complexity index is 547. The molecule has 7 heteroatoms. The summed E-state index contributed by atoms with van der Waals surface area (Å²) in [6, 6.07) is 1.32. The third-order valence-corrected chi connectivity index (χ3v) is 6.39. The van der Waals surface area contributed by atoms with Gasteiger partial charge in [-0.25, -0.2) is 8.42 Å². The van der Waals surface area contributed by atoms with Crippen LogP contribution in [0.2, 0.25) is 0 Å². The van der Waals surface area contributed by atoms with Gasteiger partial charge in [0.1, 0.15) is 4.21 Å². The zero-order valence-corrected chi connectivity index (χ0v) is 12.8. The fourth-order valence-corrected chi connectivity index (χ4v) is 4.24. The molecule has 1 aromatic heterocycles. The molecule has 1 aliphatic rings. The fraction of sp³-hybridized carbons (Fsp3) is 0.583. The lowest BCUT2D eigenvalue weighted by atomic mass is 9.89. The van der Waals surface area contributed by atoms with Gasteiger partial charge in [-0.2, -0.15) is 0 Å². The molecule has 0 atom stereocenters. The molecule has 0 unspecified atom stereocenters. The van der Waals surface area contributed by atoms with Crippen molar-refractivity contribution in [3.8, 4) is 0 Å². The first kappa shape index (κ1) is 14.8. The maximum Gasteiger partial charge on any atom is 0.270 e. The highest BCUT2D eigenvalue weighted by Gasteiger charge is 2.18. The van der Waals surface area contributed by atoms with Gasteiger partial charge in [0, 0.05) is 22.6 Å². The molecular weight excluding hydrogens is 306 g/mol.